The van der Waals surface area contributed by atoms with Crippen molar-refractivity contribution in [3.05, 3.63) is 6.92 Å². The van der Waals surface area contributed by atoms with Crippen molar-refractivity contribution < 1.29 is 4.48 Å². The smallest absolute Gasteiger partial charge is 0.0909 e. The first kappa shape index (κ1) is 14.4. The van der Waals surface area contributed by atoms with E-state index < -0.39 is 0 Å². The van der Waals surface area contributed by atoms with Crippen LogP contribution in [0.3, 0.4) is 0 Å². The minimum atomic E-state index is 0.500. The lowest BCUT2D eigenvalue weighted by Crippen LogP contribution is -2.40. The SMILES string of the molecule is CN(C)CC[N+](C)(C)C.[CH2]CN. The van der Waals surface area contributed by atoms with E-state index in [1.807, 2.05) is 0 Å². The molecule has 0 saturated heterocycles. The van der Waals surface area contributed by atoms with Crippen molar-refractivity contribution in [1.29, 1.82) is 0 Å². The van der Waals surface area contributed by atoms with E-state index in [1.165, 1.54) is 13.1 Å². The number of nitrogens with two attached hydrogens (primary N) is 1. The molecule has 0 aromatic rings. The second-order valence-corrected chi connectivity index (χ2v) is 4.11. The molecule has 0 bridgehead atoms. The zero-order valence-corrected chi connectivity index (χ0v) is 9.30. The number of rotatable bonds is 3. The molecule has 0 amide bonds. The van der Waals surface area contributed by atoms with Crippen molar-refractivity contribution in [2.75, 3.05) is 54.9 Å². The van der Waals surface area contributed by atoms with Crippen LogP contribution in [0, 0.1) is 6.92 Å². The van der Waals surface area contributed by atoms with E-state index in [9.17, 15) is 0 Å². The van der Waals surface area contributed by atoms with Gasteiger partial charge < -0.3 is 15.1 Å². The Balaban J connectivity index is 0. The highest BCUT2D eigenvalue weighted by Crippen LogP contribution is 1.88. The van der Waals surface area contributed by atoms with Crippen molar-refractivity contribution >= 4 is 0 Å². The van der Waals surface area contributed by atoms with Crippen LogP contribution in [0.15, 0.2) is 0 Å². The van der Waals surface area contributed by atoms with Gasteiger partial charge in [-0.3, -0.25) is 0 Å². The van der Waals surface area contributed by atoms with Gasteiger partial charge in [0.25, 0.3) is 0 Å². The molecule has 0 fully saturated rings. The molecule has 0 saturated carbocycles. The molecular formula is C9H25N3+. The van der Waals surface area contributed by atoms with Crippen LogP contribution < -0.4 is 5.73 Å². The third-order valence-electron chi connectivity index (χ3n) is 1.22. The van der Waals surface area contributed by atoms with Crippen molar-refractivity contribution in [3.63, 3.8) is 0 Å². The van der Waals surface area contributed by atoms with Gasteiger partial charge in [0.2, 0.25) is 0 Å². The molecule has 0 heterocycles. The van der Waals surface area contributed by atoms with Crippen LogP contribution in [0.5, 0.6) is 0 Å². The number of hydrogen-bond donors (Lipinski definition) is 1. The molecule has 0 rings (SSSR count). The topological polar surface area (TPSA) is 29.3 Å². The summed E-state index contributed by atoms with van der Waals surface area (Å²) in [4.78, 5) is 2.21. The first-order chi connectivity index (χ1) is 5.33. The molecule has 0 unspecified atom stereocenters. The molecule has 1 radical (unpaired) electrons. The summed E-state index contributed by atoms with van der Waals surface area (Å²) in [5.74, 6) is 0. The lowest BCUT2D eigenvalue weighted by atomic mass is 10.5. The zero-order valence-electron chi connectivity index (χ0n) is 9.30. The molecule has 0 atom stereocenters. The lowest BCUT2D eigenvalue weighted by Gasteiger charge is -2.25. The van der Waals surface area contributed by atoms with Gasteiger partial charge in [0.15, 0.2) is 0 Å². The molecule has 3 heteroatoms. The van der Waals surface area contributed by atoms with Gasteiger partial charge in [-0.15, -0.1) is 0 Å². The minimum absolute atomic E-state index is 0.500. The molecule has 0 aliphatic rings. The van der Waals surface area contributed by atoms with Crippen LogP contribution in [0.2, 0.25) is 0 Å². The van der Waals surface area contributed by atoms with Gasteiger partial charge in [-0.05, 0) is 27.6 Å². The average Bonchev–Trinajstić information content (AvgIpc) is 1.84. The van der Waals surface area contributed by atoms with E-state index in [-0.39, 0.29) is 0 Å². The first-order valence-electron chi connectivity index (χ1n) is 4.28. The van der Waals surface area contributed by atoms with Crippen LogP contribution in [0.25, 0.3) is 0 Å². The summed E-state index contributed by atoms with van der Waals surface area (Å²) in [7, 11) is 10.8. The van der Waals surface area contributed by atoms with E-state index in [0.717, 1.165) is 4.48 Å². The van der Waals surface area contributed by atoms with Crippen molar-refractivity contribution in [2.45, 2.75) is 0 Å². The predicted octanol–water partition coefficient (Wildman–Crippen LogP) is 0.0334. The Hall–Kier alpha value is -0.120. The van der Waals surface area contributed by atoms with Gasteiger partial charge >= 0.3 is 0 Å². The Morgan fingerprint density at radius 1 is 1.25 bits per heavy atom. The van der Waals surface area contributed by atoms with E-state index in [2.05, 4.69) is 47.1 Å². The maximum absolute atomic E-state index is 4.74. The molecule has 0 aromatic carbocycles. The molecule has 2 N–H and O–H groups in total. The third-order valence-corrected chi connectivity index (χ3v) is 1.22. The predicted molar refractivity (Wildman–Crippen MR) is 55.9 cm³/mol. The van der Waals surface area contributed by atoms with Crippen molar-refractivity contribution in [1.82, 2.24) is 4.90 Å². The van der Waals surface area contributed by atoms with Gasteiger partial charge in [0.1, 0.15) is 0 Å². The molecule has 0 spiro atoms. The van der Waals surface area contributed by atoms with Gasteiger partial charge in [-0.1, -0.05) is 0 Å². The molecule has 0 aliphatic carbocycles. The number of likely N-dealkylation sites (N-methyl/N-ethyl adjacent to an activating group) is 2. The van der Waals surface area contributed by atoms with Gasteiger partial charge in [-0.25, -0.2) is 0 Å². The average molecular weight is 175 g/mol. The Labute approximate surface area is 77.7 Å². The standard InChI is InChI=1S/C7H19N2.C2H6N/c1-8(2)6-7-9(3,4)5;1-2-3/h6-7H2,1-5H3;1-3H2/q+1;. The van der Waals surface area contributed by atoms with Crippen molar-refractivity contribution in [3.8, 4) is 0 Å². The highest BCUT2D eigenvalue weighted by atomic mass is 15.3. The second-order valence-electron chi connectivity index (χ2n) is 4.11. The summed E-state index contributed by atoms with van der Waals surface area (Å²) < 4.78 is 1.05. The quantitative estimate of drug-likeness (QED) is 0.613. The minimum Gasteiger partial charge on any atom is -0.330 e. The summed E-state index contributed by atoms with van der Waals surface area (Å²) in [6.07, 6.45) is 0. The number of hydrogen-bond acceptors (Lipinski definition) is 2. The maximum Gasteiger partial charge on any atom is 0.0909 e. The van der Waals surface area contributed by atoms with Gasteiger partial charge in [-0.2, -0.15) is 0 Å². The van der Waals surface area contributed by atoms with Gasteiger partial charge in [0.05, 0.1) is 27.7 Å². The van der Waals surface area contributed by atoms with E-state index in [1.54, 1.807) is 0 Å². The normalized spacial score (nSPS) is 11.0. The molecule has 0 aliphatic heterocycles. The van der Waals surface area contributed by atoms with E-state index in [4.69, 9.17) is 5.73 Å². The third kappa shape index (κ3) is 22.5. The summed E-state index contributed by atoms with van der Waals surface area (Å²) in [6, 6.07) is 0. The highest BCUT2D eigenvalue weighted by molar-refractivity contribution is 4.38. The monoisotopic (exact) mass is 175 g/mol. The fourth-order valence-corrected chi connectivity index (χ4v) is 0.500. The van der Waals surface area contributed by atoms with E-state index >= 15 is 0 Å². The molecule has 3 nitrogen and oxygen atoms in total. The second kappa shape index (κ2) is 7.53. The van der Waals surface area contributed by atoms with Gasteiger partial charge in [0, 0.05) is 6.54 Å². The summed E-state index contributed by atoms with van der Waals surface area (Å²) >= 11 is 0. The van der Waals surface area contributed by atoms with Crippen LogP contribution in [-0.4, -0.2) is 64.3 Å². The van der Waals surface area contributed by atoms with Crippen LogP contribution in [-0.2, 0) is 0 Å². The molecule has 75 valence electrons. The van der Waals surface area contributed by atoms with Crippen LogP contribution in [0.4, 0.5) is 0 Å². The van der Waals surface area contributed by atoms with Crippen LogP contribution >= 0.6 is 0 Å². The zero-order chi connectivity index (χ0) is 10.2. The first-order valence-corrected chi connectivity index (χ1v) is 4.28. The Morgan fingerprint density at radius 2 is 1.58 bits per heavy atom. The Bertz CT molecular complexity index is 84.3. The fourth-order valence-electron chi connectivity index (χ4n) is 0.500. The summed E-state index contributed by atoms with van der Waals surface area (Å²) in [5, 5.41) is 0. The highest BCUT2D eigenvalue weighted by Gasteiger charge is 2.05. The molecule has 12 heavy (non-hydrogen) atoms. The molecule has 0 aromatic heterocycles. The maximum atomic E-state index is 4.74. The summed E-state index contributed by atoms with van der Waals surface area (Å²) in [6.45, 7) is 6.15. The molecular weight excluding hydrogens is 150 g/mol. The van der Waals surface area contributed by atoms with Crippen molar-refractivity contribution in [2.24, 2.45) is 5.73 Å². The summed E-state index contributed by atoms with van der Waals surface area (Å²) in [5.41, 5.74) is 4.74. The largest absolute Gasteiger partial charge is 0.330 e. The fraction of sp³-hybridized carbons (Fsp3) is 0.889. The Kier molecular flexibility index (Phi) is 9.03. The lowest BCUT2D eigenvalue weighted by molar-refractivity contribution is -0.869. The van der Waals surface area contributed by atoms with E-state index in [0.29, 0.717) is 6.54 Å². The number of quaternary nitrogens is 1. The van der Waals surface area contributed by atoms with Crippen LogP contribution in [0.1, 0.15) is 0 Å². The number of nitrogens with zero attached hydrogens (tertiary/aromatic N) is 2. The Morgan fingerprint density at radius 3 is 1.67 bits per heavy atom.